The molecule has 116 valence electrons. The van der Waals surface area contributed by atoms with Crippen LogP contribution in [0.15, 0.2) is 60.8 Å². The number of amides is 1. The predicted octanol–water partition coefficient (Wildman–Crippen LogP) is 2.84. The number of nitrogens with one attached hydrogen (secondary N) is 1. The second-order valence-electron chi connectivity index (χ2n) is 5.15. The van der Waals surface area contributed by atoms with Gasteiger partial charge in [-0.2, -0.15) is 0 Å². The smallest absolute Gasteiger partial charge is 0.254 e. The second-order valence-corrected chi connectivity index (χ2v) is 5.15. The number of aliphatic hydroxyl groups is 1. The number of pyridine rings is 1. The van der Waals surface area contributed by atoms with Crippen molar-refractivity contribution < 1.29 is 14.3 Å². The van der Waals surface area contributed by atoms with E-state index in [4.69, 9.17) is 0 Å². The van der Waals surface area contributed by atoms with Gasteiger partial charge in [0.25, 0.3) is 5.91 Å². The molecule has 1 atom stereocenters. The number of hydrogen-bond acceptors (Lipinski definition) is 3. The molecule has 0 spiro atoms. The zero-order valence-electron chi connectivity index (χ0n) is 12.2. The first-order chi connectivity index (χ1) is 11.2. The molecule has 0 radical (unpaired) electrons. The van der Waals surface area contributed by atoms with Crippen molar-refractivity contribution >= 4 is 16.8 Å². The molecule has 0 aliphatic rings. The Morgan fingerprint density at radius 2 is 1.96 bits per heavy atom. The fraction of sp³-hybridized carbons (Fsp3) is 0.111. The summed E-state index contributed by atoms with van der Waals surface area (Å²) in [6.45, 7) is -0.254. The first kappa shape index (κ1) is 15.1. The van der Waals surface area contributed by atoms with Crippen molar-refractivity contribution in [2.24, 2.45) is 0 Å². The fourth-order valence-corrected chi connectivity index (χ4v) is 2.48. The number of rotatable bonds is 4. The Hall–Kier alpha value is -2.79. The van der Waals surface area contributed by atoms with Gasteiger partial charge in [0, 0.05) is 11.6 Å². The van der Waals surface area contributed by atoms with Crippen molar-refractivity contribution in [3.63, 3.8) is 0 Å². The van der Waals surface area contributed by atoms with Gasteiger partial charge in [-0.05, 0) is 23.8 Å². The van der Waals surface area contributed by atoms with E-state index in [1.54, 1.807) is 18.3 Å². The predicted molar refractivity (Wildman–Crippen MR) is 85.4 cm³/mol. The van der Waals surface area contributed by atoms with Crippen LogP contribution in [-0.2, 0) is 0 Å². The zero-order valence-corrected chi connectivity index (χ0v) is 12.2. The average molecular weight is 310 g/mol. The van der Waals surface area contributed by atoms with Crippen LogP contribution in [0.2, 0.25) is 0 Å². The van der Waals surface area contributed by atoms with E-state index in [2.05, 4.69) is 10.3 Å². The van der Waals surface area contributed by atoms with Gasteiger partial charge in [-0.3, -0.25) is 9.78 Å². The summed E-state index contributed by atoms with van der Waals surface area (Å²) < 4.78 is 13.7. The third-order valence-corrected chi connectivity index (χ3v) is 3.60. The van der Waals surface area contributed by atoms with Crippen molar-refractivity contribution in [3.05, 3.63) is 77.7 Å². The summed E-state index contributed by atoms with van der Waals surface area (Å²) in [4.78, 5) is 16.7. The molecular weight excluding hydrogens is 295 g/mol. The number of nitrogens with zero attached hydrogens (tertiary/aromatic N) is 1. The maximum atomic E-state index is 13.7. The molecule has 0 aliphatic heterocycles. The van der Waals surface area contributed by atoms with Crippen molar-refractivity contribution in [1.29, 1.82) is 0 Å². The van der Waals surface area contributed by atoms with Gasteiger partial charge in [-0.15, -0.1) is 0 Å². The third-order valence-electron chi connectivity index (χ3n) is 3.60. The molecule has 3 rings (SSSR count). The Kier molecular flexibility index (Phi) is 4.30. The van der Waals surface area contributed by atoms with Gasteiger partial charge in [0.1, 0.15) is 5.82 Å². The standard InChI is InChI=1S/C18H15FN2O2/c19-14-9-13-7-4-8-20-17(13)15(10-14)18(23)21-16(11-22)12-5-2-1-3-6-12/h1-10,16,22H,11H2,(H,21,23)/t16-/m1/s1. The lowest BCUT2D eigenvalue weighted by molar-refractivity contribution is 0.0917. The Labute approximate surface area is 132 Å². The molecule has 0 bridgehead atoms. The monoisotopic (exact) mass is 310 g/mol. The number of benzene rings is 2. The molecule has 0 saturated carbocycles. The highest BCUT2D eigenvalue weighted by Crippen LogP contribution is 2.20. The molecule has 0 saturated heterocycles. The van der Waals surface area contributed by atoms with E-state index in [0.29, 0.717) is 10.9 Å². The molecule has 2 aromatic carbocycles. The van der Waals surface area contributed by atoms with E-state index in [9.17, 15) is 14.3 Å². The Morgan fingerprint density at radius 3 is 2.70 bits per heavy atom. The van der Waals surface area contributed by atoms with E-state index >= 15 is 0 Å². The number of halogens is 1. The van der Waals surface area contributed by atoms with Gasteiger partial charge in [-0.25, -0.2) is 4.39 Å². The first-order valence-electron chi connectivity index (χ1n) is 7.20. The van der Waals surface area contributed by atoms with Crippen LogP contribution in [0.25, 0.3) is 10.9 Å². The number of aliphatic hydroxyl groups excluding tert-OH is 1. The lowest BCUT2D eigenvalue weighted by atomic mass is 10.1. The number of hydrogen-bond donors (Lipinski definition) is 2. The largest absolute Gasteiger partial charge is 0.394 e. The molecule has 1 amide bonds. The Balaban J connectivity index is 1.94. The lowest BCUT2D eigenvalue weighted by Crippen LogP contribution is -2.31. The number of fused-ring (bicyclic) bond motifs is 1. The highest BCUT2D eigenvalue weighted by atomic mass is 19.1. The van der Waals surface area contributed by atoms with Crippen LogP contribution < -0.4 is 5.32 Å². The maximum Gasteiger partial charge on any atom is 0.254 e. The minimum Gasteiger partial charge on any atom is -0.394 e. The summed E-state index contributed by atoms with van der Waals surface area (Å²) >= 11 is 0. The molecule has 3 aromatic rings. The van der Waals surface area contributed by atoms with Crippen LogP contribution in [0.4, 0.5) is 4.39 Å². The molecule has 0 fully saturated rings. The van der Waals surface area contributed by atoms with E-state index in [0.717, 1.165) is 11.6 Å². The van der Waals surface area contributed by atoms with Crippen LogP contribution in [0.5, 0.6) is 0 Å². The summed E-state index contributed by atoms with van der Waals surface area (Å²) in [5.41, 5.74) is 1.35. The molecule has 1 heterocycles. The second kappa shape index (κ2) is 6.54. The van der Waals surface area contributed by atoms with Crippen LogP contribution in [0, 0.1) is 5.82 Å². The van der Waals surface area contributed by atoms with E-state index in [1.165, 1.54) is 6.07 Å². The van der Waals surface area contributed by atoms with Crippen molar-refractivity contribution in [1.82, 2.24) is 10.3 Å². The van der Waals surface area contributed by atoms with Crippen LogP contribution in [0.3, 0.4) is 0 Å². The molecule has 0 unspecified atom stereocenters. The molecule has 23 heavy (non-hydrogen) atoms. The van der Waals surface area contributed by atoms with Crippen molar-refractivity contribution in [3.8, 4) is 0 Å². The SMILES string of the molecule is O=C(N[C@H](CO)c1ccccc1)c1cc(F)cc2cccnc12. The minimum atomic E-state index is -0.564. The van der Waals surface area contributed by atoms with Gasteiger partial charge in [0.2, 0.25) is 0 Å². The highest BCUT2D eigenvalue weighted by Gasteiger charge is 2.18. The molecule has 0 aliphatic carbocycles. The van der Waals surface area contributed by atoms with E-state index in [-0.39, 0.29) is 12.2 Å². The topological polar surface area (TPSA) is 62.2 Å². The van der Waals surface area contributed by atoms with Gasteiger partial charge in [0.15, 0.2) is 0 Å². The Bertz CT molecular complexity index is 837. The van der Waals surface area contributed by atoms with Gasteiger partial charge in [-0.1, -0.05) is 36.4 Å². The fourth-order valence-electron chi connectivity index (χ4n) is 2.48. The van der Waals surface area contributed by atoms with Gasteiger partial charge < -0.3 is 10.4 Å². The van der Waals surface area contributed by atoms with Crippen LogP contribution in [0.1, 0.15) is 22.0 Å². The zero-order chi connectivity index (χ0) is 16.2. The van der Waals surface area contributed by atoms with Crippen LogP contribution in [-0.4, -0.2) is 22.6 Å². The van der Waals surface area contributed by atoms with Gasteiger partial charge >= 0.3 is 0 Å². The van der Waals surface area contributed by atoms with E-state index in [1.807, 2.05) is 30.3 Å². The first-order valence-corrected chi connectivity index (χ1v) is 7.20. The number of aromatic nitrogens is 1. The molecule has 5 heteroatoms. The third kappa shape index (κ3) is 3.19. The quantitative estimate of drug-likeness (QED) is 0.779. The van der Waals surface area contributed by atoms with Gasteiger partial charge in [0.05, 0.1) is 23.7 Å². The lowest BCUT2D eigenvalue weighted by Gasteiger charge is -2.17. The van der Waals surface area contributed by atoms with Crippen molar-refractivity contribution in [2.45, 2.75) is 6.04 Å². The summed E-state index contributed by atoms with van der Waals surface area (Å²) in [5.74, 6) is -0.980. The van der Waals surface area contributed by atoms with Crippen molar-refractivity contribution in [2.75, 3.05) is 6.61 Å². The van der Waals surface area contributed by atoms with Crippen LogP contribution >= 0.6 is 0 Å². The summed E-state index contributed by atoms with van der Waals surface area (Å²) in [6, 6.07) is 14.4. The summed E-state index contributed by atoms with van der Waals surface area (Å²) in [5, 5.41) is 12.8. The number of carbonyl (C=O) groups excluding carboxylic acids is 1. The number of carbonyl (C=O) groups is 1. The molecule has 4 nitrogen and oxygen atoms in total. The maximum absolute atomic E-state index is 13.7. The van der Waals surface area contributed by atoms with E-state index < -0.39 is 17.8 Å². The summed E-state index contributed by atoms with van der Waals surface area (Å²) in [6.07, 6.45) is 1.55. The summed E-state index contributed by atoms with van der Waals surface area (Å²) in [7, 11) is 0. The minimum absolute atomic E-state index is 0.148. The Morgan fingerprint density at radius 1 is 1.17 bits per heavy atom. The highest BCUT2D eigenvalue weighted by molar-refractivity contribution is 6.05. The normalized spacial score (nSPS) is 12.1. The molecule has 2 N–H and O–H groups in total. The molecular formula is C18H15FN2O2. The average Bonchev–Trinajstić information content (AvgIpc) is 2.59. The molecule has 1 aromatic heterocycles.